The van der Waals surface area contributed by atoms with Gasteiger partial charge in [0.05, 0.1) is 53.8 Å². The third kappa shape index (κ3) is 14.7. The topological polar surface area (TPSA) is 232 Å². The Hall–Kier alpha value is -9.20. The molecule has 0 amide bonds. The number of carbonyl (C=O) groups excluding carboxylic acids is 6. The maximum Gasteiger partial charge on any atom is 0.342 e. The zero-order chi connectivity index (χ0) is 54.4. The van der Waals surface area contributed by atoms with Gasteiger partial charge in [0.2, 0.25) is 0 Å². The molecule has 0 saturated carbocycles. The summed E-state index contributed by atoms with van der Waals surface area (Å²) < 4.78 is 77.8. The van der Waals surface area contributed by atoms with Gasteiger partial charge in [0.1, 0.15) is 61.9 Å². The van der Waals surface area contributed by atoms with Crippen LogP contribution in [0.3, 0.4) is 0 Å². The van der Waals surface area contributed by atoms with Gasteiger partial charge in [-0.15, -0.1) is 0 Å². The second-order valence-corrected chi connectivity index (χ2v) is 15.9. The van der Waals surface area contributed by atoms with Gasteiger partial charge < -0.3 is 66.3 Å². The Morgan fingerprint density at radius 1 is 0.395 bits per heavy atom. The molecule has 2 unspecified atom stereocenters. The van der Waals surface area contributed by atoms with Crippen molar-refractivity contribution < 1.29 is 95.1 Å². The molecular formula is C56H56O20. The van der Waals surface area contributed by atoms with Gasteiger partial charge in [-0.2, -0.15) is 0 Å². The minimum atomic E-state index is -1.26. The highest BCUT2D eigenvalue weighted by Gasteiger charge is 2.28. The van der Waals surface area contributed by atoms with Crippen LogP contribution < -0.4 is 37.9 Å². The molecule has 0 fully saturated rings. The number of rotatable bonds is 27. The number of hydrogen-bond donors (Lipinski definition) is 0. The molecule has 0 radical (unpaired) electrons. The van der Waals surface area contributed by atoms with E-state index in [1.54, 1.807) is 66.7 Å². The fourth-order valence-corrected chi connectivity index (χ4v) is 7.40. The van der Waals surface area contributed by atoms with Gasteiger partial charge in [0, 0.05) is 0 Å². The lowest BCUT2D eigenvalue weighted by Crippen LogP contribution is -2.31. The van der Waals surface area contributed by atoms with Crippen LogP contribution in [-0.4, -0.2) is 130 Å². The molecule has 0 N–H and O–H groups in total. The van der Waals surface area contributed by atoms with E-state index in [4.69, 9.17) is 66.3 Å². The lowest BCUT2D eigenvalue weighted by molar-refractivity contribution is -0.148. The third-order valence-corrected chi connectivity index (χ3v) is 11.0. The molecule has 5 aromatic carbocycles. The van der Waals surface area contributed by atoms with E-state index < -0.39 is 74.5 Å². The molecule has 400 valence electrons. The molecule has 6 rings (SSSR count). The summed E-state index contributed by atoms with van der Waals surface area (Å²) in [7, 11) is 8.23. The zero-order valence-electron chi connectivity index (χ0n) is 42.5. The zero-order valence-corrected chi connectivity index (χ0v) is 42.5. The fraction of sp³-hybridized carbons (Fsp3) is 0.286. The van der Waals surface area contributed by atoms with E-state index in [9.17, 15) is 28.8 Å². The molecule has 2 atom stereocenters. The molecule has 20 nitrogen and oxygen atoms in total. The van der Waals surface area contributed by atoms with Gasteiger partial charge >= 0.3 is 35.8 Å². The molecule has 76 heavy (non-hydrogen) atoms. The van der Waals surface area contributed by atoms with Crippen LogP contribution in [0, 0.1) is 0 Å². The van der Waals surface area contributed by atoms with Crippen molar-refractivity contribution in [2.75, 3.05) is 82.3 Å². The van der Waals surface area contributed by atoms with Crippen molar-refractivity contribution in [1.29, 1.82) is 0 Å². The molecule has 5 aromatic rings. The van der Waals surface area contributed by atoms with Crippen LogP contribution in [0.25, 0.3) is 0 Å². The van der Waals surface area contributed by atoms with E-state index >= 15 is 0 Å². The summed E-state index contributed by atoms with van der Waals surface area (Å²) >= 11 is 0. The van der Waals surface area contributed by atoms with E-state index in [0.29, 0.717) is 23.5 Å². The molecule has 1 aliphatic rings. The number of para-hydroxylation sites is 4. The Morgan fingerprint density at radius 2 is 0.763 bits per heavy atom. The van der Waals surface area contributed by atoms with Gasteiger partial charge in [-0.1, -0.05) is 60.7 Å². The van der Waals surface area contributed by atoms with Crippen LogP contribution in [0.4, 0.5) is 0 Å². The van der Waals surface area contributed by atoms with Crippen LogP contribution in [-0.2, 0) is 33.2 Å². The predicted octanol–water partition coefficient (Wildman–Crippen LogP) is 7.64. The molecule has 20 heteroatoms. The van der Waals surface area contributed by atoms with E-state index in [-0.39, 0.29) is 75.5 Å². The Labute approximate surface area is 437 Å². The minimum Gasteiger partial charge on any atom is -0.493 e. The van der Waals surface area contributed by atoms with Crippen molar-refractivity contribution in [1.82, 2.24) is 0 Å². The van der Waals surface area contributed by atoms with Crippen molar-refractivity contribution >= 4 is 35.8 Å². The number of carbonyl (C=O) groups is 6. The Balaban J connectivity index is 1.07. The number of hydrogen-bond acceptors (Lipinski definition) is 20. The largest absolute Gasteiger partial charge is 0.493 e. The van der Waals surface area contributed by atoms with Crippen LogP contribution in [0.2, 0.25) is 0 Å². The van der Waals surface area contributed by atoms with Crippen LogP contribution in [0.5, 0.6) is 46.0 Å². The van der Waals surface area contributed by atoms with Crippen LogP contribution >= 0.6 is 0 Å². The maximum atomic E-state index is 13.6. The van der Waals surface area contributed by atoms with Gasteiger partial charge in [-0.05, 0) is 73.5 Å². The van der Waals surface area contributed by atoms with Gasteiger partial charge in [-0.25, -0.2) is 28.8 Å². The van der Waals surface area contributed by atoms with Crippen LogP contribution in [0.1, 0.15) is 64.6 Å². The number of benzene rings is 5. The lowest BCUT2D eigenvalue weighted by Gasteiger charge is -2.20. The molecule has 0 aliphatic heterocycles. The molecule has 1 aliphatic carbocycles. The average molecular weight is 1050 g/mol. The second kappa shape index (κ2) is 28.3. The first-order valence-corrected chi connectivity index (χ1v) is 23.5. The quantitative estimate of drug-likeness (QED) is 0.0279. The third-order valence-electron chi connectivity index (χ3n) is 11.0. The number of esters is 6. The standard InChI is InChI=1S/C56H56O20/c1-63-43-25-13-21-39(47(43)65-3)53(59)71-31-37(75-51(57)35-17-9-7-10-18-35)33-73-55(61)41-23-15-27-45(49(41)67-5)69-29-30-70-46-28-16-24-42(50(46)68-6)56(62)74-34-38(76-52(58)36-19-11-8-12-20-36)32-72-54(60)40-22-14-26-44(64-2)48(40)66-4/h7,9-11,13-28,37-38H,8,12,29-34H2,1-6H3. The van der Waals surface area contributed by atoms with E-state index in [1.807, 2.05) is 6.08 Å². The lowest BCUT2D eigenvalue weighted by atomic mass is 10.1. The summed E-state index contributed by atoms with van der Waals surface area (Å²) in [5, 5.41) is 0. The predicted molar refractivity (Wildman–Crippen MR) is 269 cm³/mol. The first-order valence-electron chi connectivity index (χ1n) is 23.5. The molecule has 0 heterocycles. The molecule has 0 aromatic heterocycles. The SMILES string of the molecule is COc1cccc(C(=O)OCC(COC(=O)c2cccc(OCCOc3cccc(C(=O)OCC(COC(=O)c4cccc(OC)c4OC)OC(=O)c4ccccc4)c3OC)c2OC)OC(=O)C2=CCCC=C2)c1OC. The van der Waals surface area contributed by atoms with Crippen molar-refractivity contribution in [3.05, 3.63) is 155 Å². The molecule has 0 bridgehead atoms. The second-order valence-electron chi connectivity index (χ2n) is 15.9. The molecule has 0 spiro atoms. The Bertz CT molecular complexity index is 2890. The summed E-state index contributed by atoms with van der Waals surface area (Å²) in [5.74, 6) is -3.68. The number of ether oxygens (including phenoxy) is 14. The first-order chi connectivity index (χ1) is 36.9. The smallest absolute Gasteiger partial charge is 0.342 e. The van der Waals surface area contributed by atoms with E-state index in [2.05, 4.69) is 0 Å². The summed E-state index contributed by atoms with van der Waals surface area (Å²) in [6.45, 7) is -2.24. The minimum absolute atomic E-state index is 0.00917. The van der Waals surface area contributed by atoms with Gasteiger partial charge in [0.15, 0.2) is 58.2 Å². The normalized spacial score (nSPS) is 12.3. The fourth-order valence-electron chi connectivity index (χ4n) is 7.40. The summed E-state index contributed by atoms with van der Waals surface area (Å²) in [6.07, 6.45) is 4.05. The van der Waals surface area contributed by atoms with Gasteiger partial charge in [0.25, 0.3) is 0 Å². The first kappa shape index (κ1) is 56.1. The highest BCUT2D eigenvalue weighted by molar-refractivity contribution is 5.96. The number of methoxy groups -OCH3 is 6. The van der Waals surface area contributed by atoms with E-state index in [1.165, 1.54) is 91.2 Å². The van der Waals surface area contributed by atoms with E-state index in [0.717, 1.165) is 6.42 Å². The molecule has 0 saturated heterocycles. The average Bonchev–Trinajstić information content (AvgIpc) is 3.46. The van der Waals surface area contributed by atoms with Crippen molar-refractivity contribution in [3.63, 3.8) is 0 Å². The summed E-state index contributed by atoms with van der Waals surface area (Å²) in [5.41, 5.74) is 0.523. The maximum absolute atomic E-state index is 13.6. The Kier molecular flexibility index (Phi) is 20.9. The molecular weight excluding hydrogens is 993 g/mol. The monoisotopic (exact) mass is 1050 g/mol. The van der Waals surface area contributed by atoms with Crippen molar-refractivity contribution in [3.8, 4) is 46.0 Å². The van der Waals surface area contributed by atoms with Crippen LogP contribution in [0.15, 0.2) is 127 Å². The van der Waals surface area contributed by atoms with Crippen molar-refractivity contribution in [2.45, 2.75) is 25.0 Å². The highest BCUT2D eigenvalue weighted by Crippen LogP contribution is 2.35. The Morgan fingerprint density at radius 3 is 1.12 bits per heavy atom. The van der Waals surface area contributed by atoms with Crippen molar-refractivity contribution in [2.24, 2.45) is 0 Å². The highest BCUT2D eigenvalue weighted by atomic mass is 16.6. The van der Waals surface area contributed by atoms with Gasteiger partial charge in [-0.3, -0.25) is 0 Å². The number of allylic oxidation sites excluding steroid dienone is 2. The summed E-state index contributed by atoms with van der Waals surface area (Å²) in [6, 6.07) is 26.4. The summed E-state index contributed by atoms with van der Waals surface area (Å²) in [4.78, 5) is 79.8.